The summed E-state index contributed by atoms with van der Waals surface area (Å²) in [7, 11) is 0. The van der Waals surface area contributed by atoms with Crippen LogP contribution in [0.1, 0.15) is 278 Å². The number of esters is 3. The fraction of sp³-hybridized carbons (Fsp3) is 0.836. The maximum absolute atomic E-state index is 12.8. The van der Waals surface area contributed by atoms with Gasteiger partial charge in [0, 0.05) is 19.3 Å². The molecule has 6 heteroatoms. The molecular formula is C55H100O6. The van der Waals surface area contributed by atoms with Gasteiger partial charge in [-0.2, -0.15) is 0 Å². The second-order valence-corrected chi connectivity index (χ2v) is 17.8. The molecule has 0 N–H and O–H groups in total. The van der Waals surface area contributed by atoms with Crippen LogP contribution < -0.4 is 0 Å². The van der Waals surface area contributed by atoms with Gasteiger partial charge >= 0.3 is 17.9 Å². The molecular weight excluding hydrogens is 757 g/mol. The van der Waals surface area contributed by atoms with Crippen LogP contribution in [0, 0.1) is 0 Å². The number of rotatable bonds is 48. The summed E-state index contributed by atoms with van der Waals surface area (Å²) < 4.78 is 16.8. The van der Waals surface area contributed by atoms with Crippen LogP contribution in [0.5, 0.6) is 0 Å². The van der Waals surface area contributed by atoms with Crippen LogP contribution in [-0.2, 0) is 28.6 Å². The normalized spacial score (nSPS) is 12.2. The number of allylic oxidation sites excluding steroid dienone is 6. The van der Waals surface area contributed by atoms with Crippen LogP contribution in [0.4, 0.5) is 0 Å². The van der Waals surface area contributed by atoms with Crippen molar-refractivity contribution in [2.75, 3.05) is 13.2 Å². The predicted octanol–water partition coefficient (Wildman–Crippen LogP) is 17.3. The van der Waals surface area contributed by atoms with E-state index in [0.717, 1.165) is 70.6 Å². The molecule has 356 valence electrons. The molecule has 0 aromatic carbocycles. The van der Waals surface area contributed by atoms with Gasteiger partial charge in [-0.15, -0.1) is 0 Å². The lowest BCUT2D eigenvalue weighted by Gasteiger charge is -2.18. The van der Waals surface area contributed by atoms with Crippen LogP contribution in [0.3, 0.4) is 0 Å². The molecule has 1 atom stereocenters. The third-order valence-electron chi connectivity index (χ3n) is 11.6. The van der Waals surface area contributed by atoms with Gasteiger partial charge in [0.05, 0.1) is 0 Å². The quantitative estimate of drug-likeness (QED) is 0.0262. The number of carbonyl (C=O) groups excluding carboxylic acids is 3. The minimum absolute atomic E-state index is 0.0799. The third kappa shape index (κ3) is 48.5. The highest BCUT2D eigenvalue weighted by Crippen LogP contribution is 2.16. The molecule has 0 saturated carbocycles. The van der Waals surface area contributed by atoms with Crippen molar-refractivity contribution < 1.29 is 28.6 Å². The largest absolute Gasteiger partial charge is 0.462 e. The second kappa shape index (κ2) is 50.3. The first kappa shape index (κ1) is 58.6. The molecule has 0 heterocycles. The third-order valence-corrected chi connectivity index (χ3v) is 11.6. The standard InChI is InChI=1S/C55H100O6/c1-4-7-10-13-16-19-22-24-26-27-29-31-34-37-40-43-46-49-55(58)61-52(50-59-53(56)47-44-41-38-35-32-21-18-15-12-9-6-3)51-60-54(57)48-45-42-39-36-33-30-28-25-23-20-17-14-11-8-5-2/h17,20,25,28,33,36,52H,4-16,18-19,21-24,26-27,29-32,34-35,37-51H2,1-3H3/b20-17-,28-25-,36-33-/t52-/m0/s1. The van der Waals surface area contributed by atoms with E-state index in [0.29, 0.717) is 19.3 Å². The Bertz CT molecular complexity index is 1030. The summed E-state index contributed by atoms with van der Waals surface area (Å²) in [5.41, 5.74) is 0. The van der Waals surface area contributed by atoms with Crippen LogP contribution in [0.2, 0.25) is 0 Å². The predicted molar refractivity (Wildman–Crippen MR) is 261 cm³/mol. The molecule has 0 saturated heterocycles. The molecule has 61 heavy (non-hydrogen) atoms. The van der Waals surface area contributed by atoms with Crippen molar-refractivity contribution in [1.29, 1.82) is 0 Å². The SMILES string of the molecule is CCCCC/C=C\C/C=C\C/C=C\CCCCC(=O)OC[C@H](COC(=O)CCCCCCCCCCCCC)OC(=O)CCCCCCCCCCCCCCCCCCC. The van der Waals surface area contributed by atoms with Gasteiger partial charge < -0.3 is 14.2 Å². The van der Waals surface area contributed by atoms with Crippen molar-refractivity contribution in [3.63, 3.8) is 0 Å². The van der Waals surface area contributed by atoms with E-state index in [1.807, 2.05) is 0 Å². The van der Waals surface area contributed by atoms with Crippen LogP contribution in [0.25, 0.3) is 0 Å². The number of unbranched alkanes of at least 4 members (excludes halogenated alkanes) is 31. The molecule has 0 amide bonds. The van der Waals surface area contributed by atoms with Crippen molar-refractivity contribution in [3.8, 4) is 0 Å². The smallest absolute Gasteiger partial charge is 0.306 e. The average Bonchev–Trinajstić information content (AvgIpc) is 3.26. The molecule has 6 nitrogen and oxygen atoms in total. The van der Waals surface area contributed by atoms with Gasteiger partial charge in [-0.25, -0.2) is 0 Å². The lowest BCUT2D eigenvalue weighted by Crippen LogP contribution is -2.30. The Morgan fingerprint density at radius 3 is 0.951 bits per heavy atom. The fourth-order valence-electron chi connectivity index (χ4n) is 7.63. The van der Waals surface area contributed by atoms with E-state index < -0.39 is 6.10 Å². The number of ether oxygens (including phenoxy) is 3. The minimum atomic E-state index is -0.781. The molecule has 0 aliphatic carbocycles. The van der Waals surface area contributed by atoms with E-state index in [1.165, 1.54) is 167 Å². The van der Waals surface area contributed by atoms with Crippen LogP contribution >= 0.6 is 0 Å². The summed E-state index contributed by atoms with van der Waals surface area (Å²) in [6.45, 7) is 6.60. The van der Waals surface area contributed by atoms with E-state index in [2.05, 4.69) is 57.2 Å². The van der Waals surface area contributed by atoms with Crippen LogP contribution in [0.15, 0.2) is 36.5 Å². The van der Waals surface area contributed by atoms with Crippen molar-refractivity contribution in [2.45, 2.75) is 284 Å². The summed E-state index contributed by atoms with van der Waals surface area (Å²) >= 11 is 0. The molecule has 0 fully saturated rings. The molecule has 0 bridgehead atoms. The zero-order valence-corrected chi connectivity index (χ0v) is 40.7. The van der Waals surface area contributed by atoms with E-state index in [-0.39, 0.29) is 31.1 Å². The Labute approximate surface area is 378 Å². The van der Waals surface area contributed by atoms with Crippen LogP contribution in [-0.4, -0.2) is 37.2 Å². The Morgan fingerprint density at radius 2 is 0.590 bits per heavy atom. The first-order chi connectivity index (χ1) is 30.0. The average molecular weight is 857 g/mol. The monoisotopic (exact) mass is 857 g/mol. The van der Waals surface area contributed by atoms with Gasteiger partial charge in [0.15, 0.2) is 6.10 Å². The molecule has 0 radical (unpaired) electrons. The van der Waals surface area contributed by atoms with Crippen molar-refractivity contribution in [1.82, 2.24) is 0 Å². The molecule has 0 rings (SSSR count). The van der Waals surface area contributed by atoms with Gasteiger partial charge in [0.25, 0.3) is 0 Å². The molecule has 0 aliphatic heterocycles. The lowest BCUT2D eigenvalue weighted by atomic mass is 10.0. The lowest BCUT2D eigenvalue weighted by molar-refractivity contribution is -0.167. The van der Waals surface area contributed by atoms with Gasteiger partial charge in [-0.05, 0) is 57.8 Å². The van der Waals surface area contributed by atoms with E-state index >= 15 is 0 Å². The summed E-state index contributed by atoms with van der Waals surface area (Å²) in [5, 5.41) is 0. The Hall–Kier alpha value is -2.37. The maximum Gasteiger partial charge on any atom is 0.306 e. The topological polar surface area (TPSA) is 78.9 Å². The molecule has 0 spiro atoms. The summed E-state index contributed by atoms with van der Waals surface area (Å²) in [6, 6.07) is 0. The highest BCUT2D eigenvalue weighted by molar-refractivity contribution is 5.71. The zero-order valence-electron chi connectivity index (χ0n) is 40.7. The summed E-state index contributed by atoms with van der Waals surface area (Å²) in [6.07, 6.45) is 58.4. The zero-order chi connectivity index (χ0) is 44.4. The van der Waals surface area contributed by atoms with E-state index in [9.17, 15) is 14.4 Å². The van der Waals surface area contributed by atoms with E-state index in [4.69, 9.17) is 14.2 Å². The maximum atomic E-state index is 12.8. The van der Waals surface area contributed by atoms with Gasteiger partial charge in [0.2, 0.25) is 0 Å². The first-order valence-electron chi connectivity index (χ1n) is 26.5. The van der Waals surface area contributed by atoms with Gasteiger partial charge in [0.1, 0.15) is 13.2 Å². The highest BCUT2D eigenvalue weighted by Gasteiger charge is 2.19. The molecule has 0 aromatic rings. The number of hydrogen-bond donors (Lipinski definition) is 0. The van der Waals surface area contributed by atoms with Gasteiger partial charge in [-0.3, -0.25) is 14.4 Å². The van der Waals surface area contributed by atoms with Gasteiger partial charge in [-0.1, -0.05) is 237 Å². The van der Waals surface area contributed by atoms with Crippen molar-refractivity contribution >= 4 is 17.9 Å². The molecule has 0 aromatic heterocycles. The van der Waals surface area contributed by atoms with Crippen molar-refractivity contribution in [3.05, 3.63) is 36.5 Å². The summed E-state index contributed by atoms with van der Waals surface area (Å²) in [4.78, 5) is 37.9. The number of carbonyl (C=O) groups is 3. The fourth-order valence-corrected chi connectivity index (χ4v) is 7.63. The minimum Gasteiger partial charge on any atom is -0.462 e. The Balaban J connectivity index is 4.37. The molecule has 0 aliphatic rings. The van der Waals surface area contributed by atoms with Crippen molar-refractivity contribution in [2.24, 2.45) is 0 Å². The highest BCUT2D eigenvalue weighted by atomic mass is 16.6. The van der Waals surface area contributed by atoms with E-state index in [1.54, 1.807) is 0 Å². The first-order valence-corrected chi connectivity index (χ1v) is 26.5. The Morgan fingerprint density at radius 1 is 0.328 bits per heavy atom. The second-order valence-electron chi connectivity index (χ2n) is 17.8. The Kier molecular flexibility index (Phi) is 48.3. The number of hydrogen-bond acceptors (Lipinski definition) is 6. The summed E-state index contributed by atoms with van der Waals surface area (Å²) in [5.74, 6) is -0.908. The molecule has 0 unspecified atom stereocenters.